The second-order valence-electron chi connectivity index (χ2n) is 6.59. The van der Waals surface area contributed by atoms with E-state index in [9.17, 15) is 0 Å². The Morgan fingerprint density at radius 3 is 2.14 bits per heavy atom. The molecular formula is C23H21ClN2O2. The van der Waals surface area contributed by atoms with Crippen LogP contribution in [-0.2, 0) is 0 Å². The van der Waals surface area contributed by atoms with Crippen molar-refractivity contribution in [1.29, 1.82) is 0 Å². The first kappa shape index (κ1) is 18.4. The molecule has 0 spiro atoms. The minimum Gasteiger partial charge on any atom is -0.497 e. The lowest BCUT2D eigenvalue weighted by atomic mass is 9.98. The van der Waals surface area contributed by atoms with E-state index >= 15 is 0 Å². The van der Waals surface area contributed by atoms with Crippen molar-refractivity contribution < 1.29 is 9.47 Å². The molecule has 0 aliphatic carbocycles. The van der Waals surface area contributed by atoms with E-state index in [-0.39, 0.29) is 6.04 Å². The maximum absolute atomic E-state index is 6.24. The minimum atomic E-state index is 0.0847. The van der Waals surface area contributed by atoms with Gasteiger partial charge in [-0.05, 0) is 65.7 Å². The first-order valence-corrected chi connectivity index (χ1v) is 9.46. The second kappa shape index (κ2) is 7.95. The highest BCUT2D eigenvalue weighted by Gasteiger charge is 2.30. The summed E-state index contributed by atoms with van der Waals surface area (Å²) in [4.78, 5) is 0. The molecule has 0 N–H and O–H groups in total. The predicted molar refractivity (Wildman–Crippen MR) is 114 cm³/mol. The molecule has 5 heteroatoms. The van der Waals surface area contributed by atoms with Crippen molar-refractivity contribution in [1.82, 2.24) is 0 Å². The average molecular weight is 393 g/mol. The summed E-state index contributed by atoms with van der Waals surface area (Å²) in [6, 6.07) is 24.0. The lowest BCUT2D eigenvalue weighted by Crippen LogP contribution is -2.18. The highest BCUT2D eigenvalue weighted by molar-refractivity contribution is 6.30. The molecule has 0 unspecified atom stereocenters. The van der Waals surface area contributed by atoms with Crippen LogP contribution in [0.4, 0.5) is 5.69 Å². The van der Waals surface area contributed by atoms with Gasteiger partial charge in [-0.1, -0.05) is 29.8 Å². The van der Waals surface area contributed by atoms with Gasteiger partial charge in [-0.15, -0.1) is 0 Å². The molecule has 4 nitrogen and oxygen atoms in total. The predicted octanol–water partition coefficient (Wildman–Crippen LogP) is 5.71. The van der Waals surface area contributed by atoms with Gasteiger partial charge >= 0.3 is 0 Å². The molecule has 28 heavy (non-hydrogen) atoms. The van der Waals surface area contributed by atoms with Crippen LogP contribution in [0.5, 0.6) is 11.5 Å². The number of methoxy groups -OCH3 is 2. The number of rotatable bonds is 5. The van der Waals surface area contributed by atoms with Gasteiger partial charge in [-0.2, -0.15) is 5.10 Å². The number of halogens is 1. The fraction of sp³-hybridized carbons (Fsp3) is 0.174. The summed E-state index contributed by atoms with van der Waals surface area (Å²) in [5, 5.41) is 7.69. The van der Waals surface area contributed by atoms with Crippen LogP contribution in [0.2, 0.25) is 5.02 Å². The summed E-state index contributed by atoms with van der Waals surface area (Å²) >= 11 is 6.24. The van der Waals surface area contributed by atoms with Gasteiger partial charge in [0.1, 0.15) is 11.5 Å². The monoisotopic (exact) mass is 392 g/mol. The summed E-state index contributed by atoms with van der Waals surface area (Å²) in [6.45, 7) is 0. The van der Waals surface area contributed by atoms with Gasteiger partial charge in [0.2, 0.25) is 0 Å². The summed E-state index contributed by atoms with van der Waals surface area (Å²) in [5.41, 5.74) is 4.26. The number of hydrazone groups is 1. The molecule has 1 aliphatic rings. The molecular weight excluding hydrogens is 372 g/mol. The molecule has 3 aromatic rings. The molecule has 0 fully saturated rings. The van der Waals surface area contributed by atoms with Crippen molar-refractivity contribution >= 4 is 23.0 Å². The summed E-state index contributed by atoms with van der Waals surface area (Å²) < 4.78 is 10.6. The van der Waals surface area contributed by atoms with Crippen molar-refractivity contribution in [3.63, 3.8) is 0 Å². The van der Waals surface area contributed by atoms with Gasteiger partial charge in [-0.3, -0.25) is 5.01 Å². The maximum Gasteiger partial charge on any atom is 0.118 e. The molecule has 0 saturated carbocycles. The number of hydrogen-bond acceptors (Lipinski definition) is 4. The van der Waals surface area contributed by atoms with Gasteiger partial charge in [0, 0.05) is 11.4 Å². The number of ether oxygens (including phenoxy) is 2. The Bertz CT molecular complexity index is 984. The molecule has 0 bridgehead atoms. The first-order valence-electron chi connectivity index (χ1n) is 9.08. The lowest BCUT2D eigenvalue weighted by molar-refractivity contribution is 0.414. The normalized spacial score (nSPS) is 16.0. The Morgan fingerprint density at radius 1 is 0.893 bits per heavy atom. The van der Waals surface area contributed by atoms with Crippen LogP contribution in [0.15, 0.2) is 77.9 Å². The van der Waals surface area contributed by atoms with E-state index in [2.05, 4.69) is 12.1 Å². The molecule has 0 aromatic heterocycles. The zero-order chi connectivity index (χ0) is 19.5. The van der Waals surface area contributed by atoms with Crippen molar-refractivity contribution in [3.05, 3.63) is 88.9 Å². The van der Waals surface area contributed by atoms with Gasteiger partial charge < -0.3 is 9.47 Å². The van der Waals surface area contributed by atoms with E-state index in [1.165, 1.54) is 5.56 Å². The van der Waals surface area contributed by atoms with Gasteiger partial charge in [0.15, 0.2) is 0 Å². The smallest absolute Gasteiger partial charge is 0.118 e. The fourth-order valence-corrected chi connectivity index (χ4v) is 3.60. The molecule has 3 aromatic carbocycles. The Hall–Kier alpha value is -2.98. The zero-order valence-corrected chi connectivity index (χ0v) is 16.6. The van der Waals surface area contributed by atoms with Crippen LogP contribution in [0.1, 0.15) is 23.6 Å². The van der Waals surface area contributed by atoms with Crippen LogP contribution < -0.4 is 14.5 Å². The van der Waals surface area contributed by atoms with Gasteiger partial charge in [-0.25, -0.2) is 0 Å². The van der Waals surface area contributed by atoms with Crippen molar-refractivity contribution in [2.45, 2.75) is 12.5 Å². The molecule has 0 amide bonds. The fourth-order valence-electron chi connectivity index (χ4n) is 3.41. The van der Waals surface area contributed by atoms with E-state index in [1.54, 1.807) is 14.2 Å². The average Bonchev–Trinajstić information content (AvgIpc) is 3.19. The molecule has 142 valence electrons. The van der Waals surface area contributed by atoms with Crippen LogP contribution in [0.25, 0.3) is 0 Å². The summed E-state index contributed by atoms with van der Waals surface area (Å²) in [7, 11) is 3.34. The third-order valence-corrected chi connectivity index (χ3v) is 5.14. The third-order valence-electron chi connectivity index (χ3n) is 4.91. The quantitative estimate of drug-likeness (QED) is 0.557. The van der Waals surface area contributed by atoms with Crippen molar-refractivity contribution in [2.75, 3.05) is 19.2 Å². The number of anilines is 1. The van der Waals surface area contributed by atoms with Gasteiger partial charge in [0.25, 0.3) is 0 Å². The topological polar surface area (TPSA) is 34.1 Å². The number of hydrogen-bond donors (Lipinski definition) is 0. The second-order valence-corrected chi connectivity index (χ2v) is 7.03. The Kier molecular flexibility index (Phi) is 5.22. The van der Waals surface area contributed by atoms with Crippen LogP contribution in [0, 0.1) is 0 Å². The highest BCUT2D eigenvalue weighted by atomic mass is 35.5. The zero-order valence-electron chi connectivity index (χ0n) is 15.8. The number of nitrogens with zero attached hydrogens (tertiary/aromatic N) is 2. The van der Waals surface area contributed by atoms with E-state index in [4.69, 9.17) is 26.2 Å². The highest BCUT2D eigenvalue weighted by Crippen LogP contribution is 2.38. The van der Waals surface area contributed by atoms with E-state index in [0.29, 0.717) is 5.02 Å². The van der Waals surface area contributed by atoms with Crippen molar-refractivity contribution in [3.8, 4) is 11.5 Å². The third kappa shape index (κ3) is 3.69. The van der Waals surface area contributed by atoms with Crippen molar-refractivity contribution in [2.24, 2.45) is 5.10 Å². The lowest BCUT2D eigenvalue weighted by Gasteiger charge is -2.24. The largest absolute Gasteiger partial charge is 0.497 e. The summed E-state index contributed by atoms with van der Waals surface area (Å²) in [6.07, 6.45) is 0.797. The molecule has 1 aliphatic heterocycles. The minimum absolute atomic E-state index is 0.0847. The van der Waals surface area contributed by atoms with E-state index in [0.717, 1.165) is 34.9 Å². The number of benzene rings is 3. The van der Waals surface area contributed by atoms with Crippen LogP contribution in [0.3, 0.4) is 0 Å². The molecule has 1 atom stereocenters. The molecule has 0 radical (unpaired) electrons. The molecule has 4 rings (SSSR count). The standard InChI is InChI=1S/C23H21ClN2O2/c1-27-20-10-6-16(7-11-20)22-15-23(17-8-12-21(28-2)13-9-17)26(25-22)19-5-3-4-18(24)14-19/h3-14,23H,15H2,1-2H3/t23-/m1/s1. The maximum atomic E-state index is 6.24. The Morgan fingerprint density at radius 2 is 1.54 bits per heavy atom. The molecule has 0 saturated heterocycles. The van der Waals surface area contributed by atoms with E-state index in [1.807, 2.05) is 65.7 Å². The first-order chi connectivity index (χ1) is 13.7. The molecule has 1 heterocycles. The van der Waals surface area contributed by atoms with Crippen LogP contribution in [-0.4, -0.2) is 19.9 Å². The SMILES string of the molecule is COc1ccc(C2=NN(c3cccc(Cl)c3)[C@@H](c3ccc(OC)cc3)C2)cc1. The van der Waals surface area contributed by atoms with Gasteiger partial charge in [0.05, 0.1) is 31.7 Å². The Balaban J connectivity index is 1.71. The Labute approximate surface area is 170 Å². The van der Waals surface area contributed by atoms with E-state index < -0.39 is 0 Å². The van der Waals surface area contributed by atoms with Crippen LogP contribution >= 0.6 is 11.6 Å². The summed E-state index contributed by atoms with van der Waals surface area (Å²) in [5.74, 6) is 1.67.